The number of piperidine rings is 1. The second kappa shape index (κ2) is 4.97. The predicted molar refractivity (Wildman–Crippen MR) is 82.6 cm³/mol. The van der Waals surface area contributed by atoms with Crippen LogP contribution in [0.25, 0.3) is 10.9 Å². The van der Waals surface area contributed by atoms with Crippen molar-refractivity contribution in [3.8, 4) is 0 Å². The van der Waals surface area contributed by atoms with E-state index in [1.54, 1.807) is 0 Å². The lowest BCUT2D eigenvalue weighted by molar-refractivity contribution is -0.169. The van der Waals surface area contributed by atoms with Crippen molar-refractivity contribution in [1.82, 2.24) is 4.98 Å². The molecule has 2 saturated heterocycles. The Morgan fingerprint density at radius 2 is 1.81 bits per heavy atom. The minimum atomic E-state index is -0.311. The summed E-state index contributed by atoms with van der Waals surface area (Å²) < 4.78 is 11.6. The Morgan fingerprint density at radius 3 is 2.57 bits per heavy atom. The van der Waals surface area contributed by atoms with Gasteiger partial charge in [-0.2, -0.15) is 0 Å². The molecule has 21 heavy (non-hydrogen) atoms. The Labute approximate surface area is 124 Å². The second-order valence-corrected chi connectivity index (χ2v) is 5.89. The van der Waals surface area contributed by atoms with Gasteiger partial charge in [0.1, 0.15) is 0 Å². The van der Waals surface area contributed by atoms with Gasteiger partial charge in [-0.05, 0) is 19.1 Å². The fraction of sp³-hybridized carbons (Fsp3) is 0.471. The third kappa shape index (κ3) is 2.28. The minimum absolute atomic E-state index is 0.311. The van der Waals surface area contributed by atoms with E-state index in [0.29, 0.717) is 0 Å². The summed E-state index contributed by atoms with van der Waals surface area (Å²) >= 11 is 0. The highest BCUT2D eigenvalue weighted by Gasteiger charge is 2.40. The van der Waals surface area contributed by atoms with Crippen molar-refractivity contribution in [3.05, 3.63) is 36.0 Å². The zero-order valence-corrected chi connectivity index (χ0v) is 12.3. The van der Waals surface area contributed by atoms with Gasteiger partial charge in [-0.1, -0.05) is 18.2 Å². The normalized spacial score (nSPS) is 21.3. The molecule has 0 saturated carbocycles. The second-order valence-electron chi connectivity index (χ2n) is 5.89. The van der Waals surface area contributed by atoms with Crippen LogP contribution >= 0.6 is 0 Å². The van der Waals surface area contributed by atoms with Crippen molar-refractivity contribution in [2.75, 3.05) is 31.2 Å². The number of pyridine rings is 1. The van der Waals surface area contributed by atoms with Crippen molar-refractivity contribution in [1.29, 1.82) is 0 Å². The van der Waals surface area contributed by atoms with Gasteiger partial charge in [-0.25, -0.2) is 0 Å². The third-order valence-electron chi connectivity index (χ3n) is 4.50. The van der Waals surface area contributed by atoms with Crippen LogP contribution in [0, 0.1) is 6.92 Å². The molecule has 1 aromatic carbocycles. The summed E-state index contributed by atoms with van der Waals surface area (Å²) in [4.78, 5) is 7.06. The van der Waals surface area contributed by atoms with Crippen LogP contribution in [0.4, 0.5) is 5.69 Å². The summed E-state index contributed by atoms with van der Waals surface area (Å²) in [7, 11) is 0. The number of para-hydroxylation sites is 1. The van der Waals surface area contributed by atoms with E-state index in [0.717, 1.165) is 50.4 Å². The van der Waals surface area contributed by atoms with Gasteiger partial charge in [0.05, 0.1) is 18.7 Å². The number of benzene rings is 1. The first-order valence-electron chi connectivity index (χ1n) is 7.65. The zero-order valence-electron chi connectivity index (χ0n) is 12.3. The van der Waals surface area contributed by atoms with E-state index in [-0.39, 0.29) is 5.79 Å². The number of hydrogen-bond acceptors (Lipinski definition) is 4. The van der Waals surface area contributed by atoms with Crippen molar-refractivity contribution in [3.63, 3.8) is 0 Å². The first-order valence-corrected chi connectivity index (χ1v) is 7.65. The van der Waals surface area contributed by atoms with Gasteiger partial charge < -0.3 is 14.4 Å². The first kappa shape index (κ1) is 13.0. The van der Waals surface area contributed by atoms with Crippen LogP contribution < -0.4 is 4.90 Å². The lowest BCUT2D eigenvalue weighted by atomic mass is 10.0. The number of aromatic nitrogens is 1. The molecule has 2 aromatic rings. The fourth-order valence-corrected chi connectivity index (χ4v) is 3.42. The molecule has 4 nitrogen and oxygen atoms in total. The van der Waals surface area contributed by atoms with Crippen molar-refractivity contribution >= 4 is 16.6 Å². The minimum Gasteiger partial charge on any atom is -0.371 e. The van der Waals surface area contributed by atoms with Gasteiger partial charge in [0.15, 0.2) is 5.79 Å². The molecule has 0 bridgehead atoms. The van der Waals surface area contributed by atoms with Gasteiger partial charge in [-0.3, -0.25) is 4.98 Å². The number of ether oxygens (including phenoxy) is 2. The van der Waals surface area contributed by atoms with Crippen LogP contribution in [0.2, 0.25) is 0 Å². The molecule has 0 aliphatic carbocycles. The molecule has 0 unspecified atom stereocenters. The van der Waals surface area contributed by atoms with Crippen LogP contribution in [0.3, 0.4) is 0 Å². The Hall–Kier alpha value is -1.65. The van der Waals surface area contributed by atoms with E-state index >= 15 is 0 Å². The molecule has 1 spiro atoms. The number of rotatable bonds is 1. The molecule has 4 rings (SSSR count). The van der Waals surface area contributed by atoms with E-state index in [9.17, 15) is 0 Å². The Balaban J connectivity index is 1.65. The molecular formula is C17H20N2O2. The van der Waals surface area contributed by atoms with Gasteiger partial charge in [0.2, 0.25) is 0 Å². The van der Waals surface area contributed by atoms with Gasteiger partial charge in [-0.15, -0.1) is 0 Å². The van der Waals surface area contributed by atoms with Gasteiger partial charge >= 0.3 is 0 Å². The summed E-state index contributed by atoms with van der Waals surface area (Å²) in [6.45, 7) is 5.46. The number of fused-ring (bicyclic) bond motifs is 1. The van der Waals surface area contributed by atoms with Gasteiger partial charge in [0, 0.05) is 42.7 Å². The topological polar surface area (TPSA) is 34.6 Å². The van der Waals surface area contributed by atoms with Crippen LogP contribution in [0.15, 0.2) is 30.3 Å². The smallest absolute Gasteiger partial charge is 0.171 e. The SMILES string of the molecule is Cc1cc(N2CCC3(CC2)OCCO3)c2ccccc2n1. The highest BCUT2D eigenvalue weighted by atomic mass is 16.7. The lowest BCUT2D eigenvalue weighted by Gasteiger charge is -2.39. The average Bonchev–Trinajstić information content (AvgIpc) is 2.95. The van der Waals surface area contributed by atoms with Crippen LogP contribution in [-0.2, 0) is 9.47 Å². The van der Waals surface area contributed by atoms with E-state index in [1.807, 2.05) is 6.07 Å². The monoisotopic (exact) mass is 284 g/mol. The number of aryl methyl sites for hydroxylation is 1. The summed E-state index contributed by atoms with van der Waals surface area (Å²) in [6.07, 6.45) is 1.87. The van der Waals surface area contributed by atoms with E-state index in [4.69, 9.17) is 9.47 Å². The molecule has 1 aromatic heterocycles. The summed E-state index contributed by atoms with van der Waals surface area (Å²) in [6, 6.07) is 10.6. The van der Waals surface area contributed by atoms with E-state index in [2.05, 4.69) is 41.1 Å². The molecule has 2 fully saturated rings. The summed E-state index contributed by atoms with van der Waals surface area (Å²) in [5, 5.41) is 1.23. The largest absolute Gasteiger partial charge is 0.371 e. The fourth-order valence-electron chi connectivity index (χ4n) is 3.42. The molecule has 4 heteroatoms. The number of anilines is 1. The maximum atomic E-state index is 5.82. The third-order valence-corrected chi connectivity index (χ3v) is 4.50. The Morgan fingerprint density at radius 1 is 1.10 bits per heavy atom. The van der Waals surface area contributed by atoms with Crippen molar-refractivity contribution in [2.45, 2.75) is 25.6 Å². The summed E-state index contributed by atoms with van der Waals surface area (Å²) in [5.41, 5.74) is 3.42. The van der Waals surface area contributed by atoms with E-state index < -0.39 is 0 Å². The number of nitrogens with zero attached hydrogens (tertiary/aromatic N) is 2. The van der Waals surface area contributed by atoms with Crippen LogP contribution in [0.5, 0.6) is 0 Å². The maximum absolute atomic E-state index is 5.82. The predicted octanol–water partition coefficient (Wildman–Crippen LogP) is 2.89. The molecule has 110 valence electrons. The summed E-state index contributed by atoms with van der Waals surface area (Å²) in [5.74, 6) is -0.311. The zero-order chi connectivity index (χ0) is 14.3. The molecule has 2 aliphatic rings. The molecular weight excluding hydrogens is 264 g/mol. The Kier molecular flexibility index (Phi) is 3.08. The average molecular weight is 284 g/mol. The lowest BCUT2D eigenvalue weighted by Crippen LogP contribution is -2.45. The first-order chi connectivity index (χ1) is 10.3. The van der Waals surface area contributed by atoms with Crippen molar-refractivity contribution in [2.24, 2.45) is 0 Å². The Bertz CT molecular complexity index is 655. The molecule has 0 N–H and O–H groups in total. The van der Waals surface area contributed by atoms with E-state index in [1.165, 1.54) is 11.1 Å². The molecule has 0 amide bonds. The highest BCUT2D eigenvalue weighted by molar-refractivity contribution is 5.92. The highest BCUT2D eigenvalue weighted by Crippen LogP contribution is 2.35. The van der Waals surface area contributed by atoms with Crippen LogP contribution in [0.1, 0.15) is 18.5 Å². The quantitative estimate of drug-likeness (QED) is 0.806. The molecule has 3 heterocycles. The standard InChI is InChI=1S/C17H20N2O2/c1-13-12-16(14-4-2-3-5-15(14)18-13)19-8-6-17(7-9-19)20-10-11-21-17/h2-5,12H,6-11H2,1H3. The molecule has 2 aliphatic heterocycles. The van der Waals surface area contributed by atoms with Crippen molar-refractivity contribution < 1.29 is 9.47 Å². The number of hydrogen-bond donors (Lipinski definition) is 0. The molecule has 0 radical (unpaired) electrons. The van der Waals surface area contributed by atoms with Gasteiger partial charge in [0.25, 0.3) is 0 Å². The van der Waals surface area contributed by atoms with Crippen LogP contribution in [-0.4, -0.2) is 37.1 Å². The maximum Gasteiger partial charge on any atom is 0.171 e. The molecule has 0 atom stereocenters.